The van der Waals surface area contributed by atoms with Crippen molar-refractivity contribution >= 4 is 5.91 Å². The van der Waals surface area contributed by atoms with Gasteiger partial charge in [0.1, 0.15) is 6.10 Å². The summed E-state index contributed by atoms with van der Waals surface area (Å²) < 4.78 is 5.60. The van der Waals surface area contributed by atoms with Gasteiger partial charge in [0.15, 0.2) is 0 Å². The molecule has 0 bridgehead atoms. The molecule has 0 aliphatic carbocycles. The van der Waals surface area contributed by atoms with Gasteiger partial charge < -0.3 is 15.4 Å². The molecule has 1 rings (SSSR count). The van der Waals surface area contributed by atoms with Crippen molar-refractivity contribution in [3.8, 4) is 0 Å². The third-order valence-corrected chi connectivity index (χ3v) is 3.16. The van der Waals surface area contributed by atoms with Crippen molar-refractivity contribution in [1.29, 1.82) is 0 Å². The average Bonchev–Trinajstić information content (AvgIpc) is 2.37. The number of carbonyl (C=O) groups excluding carboxylic acids is 1. The lowest BCUT2D eigenvalue weighted by Gasteiger charge is -2.24. The molecule has 0 aromatic carbocycles. The Morgan fingerprint density at radius 3 is 3.00 bits per heavy atom. The van der Waals surface area contributed by atoms with Gasteiger partial charge in [0.25, 0.3) is 0 Å². The first kappa shape index (κ1) is 14.5. The maximum atomic E-state index is 11.6. The summed E-state index contributed by atoms with van der Waals surface area (Å²) in [6.07, 6.45) is 5.46. The molecule has 0 aromatic rings. The molecule has 1 heterocycles. The molecule has 1 saturated heterocycles. The van der Waals surface area contributed by atoms with Gasteiger partial charge in [-0.2, -0.15) is 0 Å². The highest BCUT2D eigenvalue weighted by Gasteiger charge is 2.17. The minimum Gasteiger partial charge on any atom is -0.367 e. The summed E-state index contributed by atoms with van der Waals surface area (Å²) in [5.74, 6) is 0.00857. The fourth-order valence-electron chi connectivity index (χ4n) is 1.93. The van der Waals surface area contributed by atoms with Crippen LogP contribution in [0.2, 0.25) is 0 Å². The first-order valence-corrected chi connectivity index (χ1v) is 6.86. The first-order valence-electron chi connectivity index (χ1n) is 6.86. The van der Waals surface area contributed by atoms with Crippen LogP contribution in [0.3, 0.4) is 0 Å². The van der Waals surface area contributed by atoms with Gasteiger partial charge in [-0.25, -0.2) is 0 Å². The van der Waals surface area contributed by atoms with Gasteiger partial charge in [-0.15, -0.1) is 0 Å². The van der Waals surface area contributed by atoms with E-state index in [2.05, 4.69) is 17.6 Å². The second kappa shape index (κ2) is 8.48. The maximum absolute atomic E-state index is 11.6. The van der Waals surface area contributed by atoms with Crippen LogP contribution in [0.5, 0.6) is 0 Å². The van der Waals surface area contributed by atoms with Crippen LogP contribution in [0.4, 0.5) is 0 Å². The number of nitrogens with one attached hydrogen (secondary N) is 2. The van der Waals surface area contributed by atoms with Crippen LogP contribution >= 0.6 is 0 Å². The summed E-state index contributed by atoms with van der Waals surface area (Å²) in [6, 6.07) is 0.426. The van der Waals surface area contributed by atoms with E-state index in [0.29, 0.717) is 12.6 Å². The minimum absolute atomic E-state index is 0.00857. The van der Waals surface area contributed by atoms with Crippen molar-refractivity contribution < 1.29 is 9.53 Å². The maximum Gasteiger partial charge on any atom is 0.248 e. The Kier molecular flexibility index (Phi) is 7.21. The van der Waals surface area contributed by atoms with Crippen LogP contribution in [-0.4, -0.2) is 37.7 Å². The van der Waals surface area contributed by atoms with Gasteiger partial charge in [-0.05, 0) is 32.7 Å². The topological polar surface area (TPSA) is 50.4 Å². The number of hydrogen-bond donors (Lipinski definition) is 2. The van der Waals surface area contributed by atoms with Crippen LogP contribution in [0.1, 0.15) is 46.0 Å². The van der Waals surface area contributed by atoms with E-state index in [1.807, 2.05) is 6.92 Å². The Hall–Kier alpha value is -0.610. The molecule has 4 heteroatoms. The number of amides is 1. The van der Waals surface area contributed by atoms with Crippen molar-refractivity contribution in [2.24, 2.45) is 0 Å². The molecular weight excluding hydrogens is 216 g/mol. The van der Waals surface area contributed by atoms with E-state index in [0.717, 1.165) is 32.4 Å². The number of carbonyl (C=O) groups is 1. The van der Waals surface area contributed by atoms with E-state index in [1.54, 1.807) is 0 Å². The fraction of sp³-hybridized carbons (Fsp3) is 0.923. The largest absolute Gasteiger partial charge is 0.367 e. The number of ether oxygens (including phenoxy) is 1. The van der Waals surface area contributed by atoms with E-state index in [4.69, 9.17) is 4.74 Å². The van der Waals surface area contributed by atoms with Crippen molar-refractivity contribution in [2.75, 3.05) is 19.7 Å². The monoisotopic (exact) mass is 242 g/mol. The summed E-state index contributed by atoms with van der Waals surface area (Å²) in [6.45, 7) is 6.41. The van der Waals surface area contributed by atoms with Crippen molar-refractivity contribution in [2.45, 2.75) is 58.1 Å². The second-order valence-electron chi connectivity index (χ2n) is 4.77. The predicted octanol–water partition coefficient (Wildman–Crippen LogP) is 1.45. The second-order valence-corrected chi connectivity index (χ2v) is 4.77. The predicted molar refractivity (Wildman–Crippen MR) is 69.0 cm³/mol. The lowest BCUT2D eigenvalue weighted by molar-refractivity contribution is -0.132. The van der Waals surface area contributed by atoms with Crippen molar-refractivity contribution in [3.05, 3.63) is 0 Å². The Bertz CT molecular complexity index is 215. The van der Waals surface area contributed by atoms with Crippen LogP contribution in [0, 0.1) is 0 Å². The molecule has 17 heavy (non-hydrogen) atoms. The molecule has 1 amide bonds. The van der Waals surface area contributed by atoms with Crippen LogP contribution in [0.15, 0.2) is 0 Å². The Morgan fingerprint density at radius 1 is 1.53 bits per heavy atom. The van der Waals surface area contributed by atoms with Gasteiger partial charge in [0.05, 0.1) is 6.61 Å². The van der Waals surface area contributed by atoms with E-state index < -0.39 is 0 Å². The summed E-state index contributed by atoms with van der Waals surface area (Å²) in [7, 11) is 0. The number of hydrogen-bond acceptors (Lipinski definition) is 3. The molecule has 0 radical (unpaired) electrons. The molecule has 1 fully saturated rings. The summed E-state index contributed by atoms with van der Waals surface area (Å²) in [4.78, 5) is 11.6. The molecule has 2 atom stereocenters. The molecule has 0 aromatic heterocycles. The summed E-state index contributed by atoms with van der Waals surface area (Å²) >= 11 is 0. The third kappa shape index (κ3) is 6.03. The standard InChI is InChI=1S/C13H26N2O2/c1-3-4-8-15-13(16)11(2)17-10-12-7-5-6-9-14-12/h11-12,14H,3-10H2,1-2H3,(H,15,16). The molecule has 1 aliphatic heterocycles. The Balaban J connectivity index is 2.10. The van der Waals surface area contributed by atoms with Gasteiger partial charge in [-0.3, -0.25) is 4.79 Å². The van der Waals surface area contributed by atoms with E-state index >= 15 is 0 Å². The van der Waals surface area contributed by atoms with E-state index in [-0.39, 0.29) is 12.0 Å². The SMILES string of the molecule is CCCCNC(=O)C(C)OCC1CCCCN1. The zero-order valence-corrected chi connectivity index (χ0v) is 11.1. The van der Waals surface area contributed by atoms with Gasteiger partial charge in [-0.1, -0.05) is 19.8 Å². The van der Waals surface area contributed by atoms with Crippen molar-refractivity contribution in [3.63, 3.8) is 0 Å². The highest BCUT2D eigenvalue weighted by molar-refractivity contribution is 5.80. The molecule has 4 nitrogen and oxygen atoms in total. The zero-order chi connectivity index (χ0) is 12.5. The lowest BCUT2D eigenvalue weighted by atomic mass is 10.1. The summed E-state index contributed by atoms with van der Waals surface area (Å²) in [5, 5.41) is 6.30. The fourth-order valence-corrected chi connectivity index (χ4v) is 1.93. The normalized spacial score (nSPS) is 22.1. The molecule has 100 valence electrons. The average molecular weight is 242 g/mol. The molecule has 0 spiro atoms. The Morgan fingerprint density at radius 2 is 2.35 bits per heavy atom. The Labute approximate surface area is 104 Å². The first-order chi connectivity index (χ1) is 8.24. The van der Waals surface area contributed by atoms with Crippen molar-refractivity contribution in [1.82, 2.24) is 10.6 Å². The third-order valence-electron chi connectivity index (χ3n) is 3.16. The molecule has 2 N–H and O–H groups in total. The highest BCUT2D eigenvalue weighted by Crippen LogP contribution is 2.08. The number of piperidine rings is 1. The van der Waals surface area contributed by atoms with Crippen LogP contribution in [0.25, 0.3) is 0 Å². The lowest BCUT2D eigenvalue weighted by Crippen LogP contribution is -2.41. The number of rotatable bonds is 7. The van der Waals surface area contributed by atoms with Gasteiger partial charge >= 0.3 is 0 Å². The number of unbranched alkanes of at least 4 members (excludes halogenated alkanes) is 1. The molecule has 2 unspecified atom stereocenters. The molecular formula is C13H26N2O2. The van der Waals surface area contributed by atoms with Crippen LogP contribution < -0.4 is 10.6 Å². The quantitative estimate of drug-likeness (QED) is 0.664. The molecule has 0 saturated carbocycles. The van der Waals surface area contributed by atoms with E-state index in [1.165, 1.54) is 12.8 Å². The van der Waals surface area contributed by atoms with Gasteiger partial charge in [0.2, 0.25) is 5.91 Å². The summed E-state index contributed by atoms with van der Waals surface area (Å²) in [5.41, 5.74) is 0. The van der Waals surface area contributed by atoms with E-state index in [9.17, 15) is 4.79 Å². The zero-order valence-electron chi connectivity index (χ0n) is 11.1. The highest BCUT2D eigenvalue weighted by atomic mass is 16.5. The van der Waals surface area contributed by atoms with Gasteiger partial charge in [0, 0.05) is 12.6 Å². The smallest absolute Gasteiger partial charge is 0.248 e. The minimum atomic E-state index is -0.337. The van der Waals surface area contributed by atoms with Crippen LogP contribution in [-0.2, 0) is 9.53 Å². The molecule has 1 aliphatic rings.